The number of nitrogens with one attached hydrogen (secondary N) is 3. The second-order valence-corrected chi connectivity index (χ2v) is 6.80. The van der Waals surface area contributed by atoms with Crippen LogP contribution in [0, 0.1) is 5.92 Å². The molecule has 8 nitrogen and oxygen atoms in total. The van der Waals surface area contributed by atoms with Crippen molar-refractivity contribution in [2.75, 3.05) is 22.7 Å². The molecule has 1 amide bonds. The average molecular weight is 355 g/mol. The number of ether oxygens (including phenoxy) is 2. The fourth-order valence-electron chi connectivity index (χ4n) is 3.06. The van der Waals surface area contributed by atoms with Crippen LogP contribution in [0.25, 0.3) is 0 Å². The van der Waals surface area contributed by atoms with Gasteiger partial charge in [-0.2, -0.15) is 0 Å². The molecule has 0 spiro atoms. The Bertz CT molecular complexity index is 840. The summed E-state index contributed by atoms with van der Waals surface area (Å²) in [4.78, 5) is 20.9. The molecule has 1 unspecified atom stereocenters. The number of carbonyl (C=O) groups is 1. The number of hydrogen-bond donors (Lipinski definition) is 3. The maximum absolute atomic E-state index is 12.4. The third kappa shape index (κ3) is 3.22. The van der Waals surface area contributed by atoms with E-state index in [0.717, 1.165) is 23.5 Å². The molecule has 0 fully saturated rings. The number of nitrogens with zero attached hydrogens (tertiary/aromatic N) is 2. The van der Waals surface area contributed by atoms with E-state index in [9.17, 15) is 4.79 Å². The van der Waals surface area contributed by atoms with Crippen LogP contribution < -0.4 is 25.4 Å². The van der Waals surface area contributed by atoms with Gasteiger partial charge < -0.3 is 25.4 Å². The number of aromatic nitrogens is 2. The highest BCUT2D eigenvalue weighted by molar-refractivity contribution is 6.04. The smallest absolute Gasteiger partial charge is 0.247 e. The van der Waals surface area contributed by atoms with Gasteiger partial charge in [0, 0.05) is 6.54 Å². The summed E-state index contributed by atoms with van der Waals surface area (Å²) in [6.45, 7) is 4.96. The molecule has 0 aliphatic carbocycles. The van der Waals surface area contributed by atoms with Crippen LogP contribution in [-0.2, 0) is 11.3 Å². The van der Waals surface area contributed by atoms with Gasteiger partial charge in [0.1, 0.15) is 18.1 Å². The van der Waals surface area contributed by atoms with Crippen molar-refractivity contribution in [2.24, 2.45) is 5.92 Å². The highest BCUT2D eigenvalue weighted by Gasteiger charge is 2.29. The van der Waals surface area contributed by atoms with Gasteiger partial charge in [-0.3, -0.25) is 4.79 Å². The summed E-state index contributed by atoms with van der Waals surface area (Å²) in [5.74, 6) is 3.05. The summed E-state index contributed by atoms with van der Waals surface area (Å²) in [5.41, 5.74) is 1.60. The third-order valence-electron chi connectivity index (χ3n) is 4.33. The lowest BCUT2D eigenvalue weighted by atomic mass is 10.0. The monoisotopic (exact) mass is 355 g/mol. The van der Waals surface area contributed by atoms with Gasteiger partial charge in [0.15, 0.2) is 23.1 Å². The van der Waals surface area contributed by atoms with Gasteiger partial charge in [-0.25, -0.2) is 9.97 Å². The Hall–Kier alpha value is -3.03. The van der Waals surface area contributed by atoms with Crippen LogP contribution in [-0.4, -0.2) is 28.7 Å². The molecule has 26 heavy (non-hydrogen) atoms. The average Bonchev–Trinajstić information content (AvgIpc) is 3.08. The van der Waals surface area contributed by atoms with Crippen LogP contribution in [0.5, 0.6) is 11.5 Å². The van der Waals surface area contributed by atoms with Gasteiger partial charge in [-0.1, -0.05) is 19.9 Å². The van der Waals surface area contributed by atoms with E-state index in [1.54, 1.807) is 0 Å². The highest BCUT2D eigenvalue weighted by atomic mass is 16.7. The summed E-state index contributed by atoms with van der Waals surface area (Å²) in [6.07, 6.45) is 2.23. The number of carbonyl (C=O) groups excluding carboxylic acids is 1. The topological polar surface area (TPSA) is 97.4 Å². The molecule has 3 N–H and O–H groups in total. The van der Waals surface area contributed by atoms with Crippen LogP contribution in [0.4, 0.5) is 17.3 Å². The van der Waals surface area contributed by atoms with Crippen LogP contribution in [0.2, 0.25) is 0 Å². The van der Waals surface area contributed by atoms with E-state index in [-0.39, 0.29) is 18.7 Å². The molecule has 2 aliphatic heterocycles. The Kier molecular flexibility index (Phi) is 4.24. The molecule has 0 saturated heterocycles. The fraction of sp³-hybridized carbons (Fsp3) is 0.389. The summed E-state index contributed by atoms with van der Waals surface area (Å²) in [7, 11) is 0. The van der Waals surface area contributed by atoms with E-state index in [4.69, 9.17) is 9.47 Å². The molecule has 4 rings (SSSR count). The Morgan fingerprint density at radius 1 is 1.27 bits per heavy atom. The van der Waals surface area contributed by atoms with Gasteiger partial charge >= 0.3 is 0 Å². The number of rotatable bonds is 5. The third-order valence-corrected chi connectivity index (χ3v) is 4.33. The van der Waals surface area contributed by atoms with Gasteiger partial charge in [0.05, 0.1) is 0 Å². The summed E-state index contributed by atoms with van der Waals surface area (Å²) >= 11 is 0. The van der Waals surface area contributed by atoms with E-state index in [1.165, 1.54) is 6.33 Å². The van der Waals surface area contributed by atoms with Crippen molar-refractivity contribution in [2.45, 2.75) is 32.9 Å². The van der Waals surface area contributed by atoms with Gasteiger partial charge in [0.25, 0.3) is 0 Å². The Morgan fingerprint density at radius 3 is 2.96 bits per heavy atom. The second-order valence-electron chi connectivity index (χ2n) is 6.80. The van der Waals surface area contributed by atoms with Crippen LogP contribution in [0.1, 0.15) is 25.8 Å². The molecular weight excluding hydrogens is 334 g/mol. The van der Waals surface area contributed by atoms with Gasteiger partial charge in [0.2, 0.25) is 12.7 Å². The van der Waals surface area contributed by atoms with Gasteiger partial charge in [-0.05, 0) is 30.0 Å². The molecule has 0 radical (unpaired) electrons. The molecule has 1 atom stereocenters. The number of benzene rings is 1. The Morgan fingerprint density at radius 2 is 2.12 bits per heavy atom. The van der Waals surface area contributed by atoms with E-state index in [0.29, 0.717) is 29.8 Å². The molecule has 8 heteroatoms. The van der Waals surface area contributed by atoms with Crippen LogP contribution >= 0.6 is 0 Å². The minimum Gasteiger partial charge on any atom is -0.454 e. The maximum atomic E-state index is 12.4. The van der Waals surface area contributed by atoms with E-state index in [1.807, 2.05) is 18.2 Å². The number of fused-ring (bicyclic) bond motifs is 2. The van der Waals surface area contributed by atoms with Crippen molar-refractivity contribution in [3.05, 3.63) is 30.1 Å². The molecule has 136 valence electrons. The first-order chi connectivity index (χ1) is 12.6. The first kappa shape index (κ1) is 16.4. The number of amides is 1. The quantitative estimate of drug-likeness (QED) is 0.758. The fourth-order valence-corrected chi connectivity index (χ4v) is 3.06. The lowest BCUT2D eigenvalue weighted by molar-refractivity contribution is -0.117. The van der Waals surface area contributed by atoms with Crippen molar-refractivity contribution in [3.8, 4) is 11.5 Å². The number of hydrogen-bond acceptors (Lipinski definition) is 7. The summed E-state index contributed by atoms with van der Waals surface area (Å²) in [6, 6.07) is 5.50. The molecule has 1 aromatic heterocycles. The van der Waals surface area contributed by atoms with Crippen molar-refractivity contribution in [1.29, 1.82) is 0 Å². The van der Waals surface area contributed by atoms with Gasteiger partial charge in [-0.15, -0.1) is 0 Å². The molecule has 2 aliphatic rings. The summed E-state index contributed by atoms with van der Waals surface area (Å²) in [5, 5.41) is 9.39. The molecular formula is C18H21N5O3. The van der Waals surface area contributed by atoms with Crippen molar-refractivity contribution >= 4 is 23.2 Å². The van der Waals surface area contributed by atoms with Crippen molar-refractivity contribution < 1.29 is 14.3 Å². The molecule has 0 bridgehead atoms. The van der Waals surface area contributed by atoms with Crippen LogP contribution in [0.15, 0.2) is 24.5 Å². The summed E-state index contributed by atoms with van der Waals surface area (Å²) < 4.78 is 10.7. The molecule has 0 saturated carbocycles. The first-order valence-corrected chi connectivity index (χ1v) is 8.65. The zero-order valence-corrected chi connectivity index (χ0v) is 14.7. The minimum atomic E-state index is -0.279. The molecule has 2 aromatic rings. The Labute approximate surface area is 151 Å². The first-order valence-electron chi connectivity index (χ1n) is 8.65. The largest absolute Gasteiger partial charge is 0.454 e. The SMILES string of the molecule is CC(C)CC1Nc2ncnc(NCc3ccc4c(c3)OCO4)c2NC1=O. The lowest BCUT2D eigenvalue weighted by Gasteiger charge is -2.28. The maximum Gasteiger partial charge on any atom is 0.247 e. The number of anilines is 3. The standard InChI is InChI=1S/C18H21N5O3/c1-10(2)5-12-18(24)23-15-16(20-8-21-17(15)22-12)19-7-11-3-4-13-14(6-11)26-9-25-13/h3-4,6,8,10,12H,5,7,9H2,1-2H3,(H,23,24)(H2,19,20,21,22). The van der Waals surface area contributed by atoms with E-state index >= 15 is 0 Å². The lowest BCUT2D eigenvalue weighted by Crippen LogP contribution is -2.40. The molecule has 1 aromatic carbocycles. The predicted molar refractivity (Wildman–Crippen MR) is 97.4 cm³/mol. The zero-order chi connectivity index (χ0) is 18.1. The van der Waals surface area contributed by atoms with E-state index in [2.05, 4.69) is 39.8 Å². The van der Waals surface area contributed by atoms with E-state index < -0.39 is 0 Å². The molecule has 3 heterocycles. The highest BCUT2D eigenvalue weighted by Crippen LogP contribution is 2.34. The van der Waals surface area contributed by atoms with Crippen molar-refractivity contribution in [3.63, 3.8) is 0 Å². The normalized spacial score (nSPS) is 17.5. The predicted octanol–water partition coefficient (Wildman–Crippen LogP) is 2.60. The van der Waals surface area contributed by atoms with Crippen LogP contribution in [0.3, 0.4) is 0 Å². The zero-order valence-electron chi connectivity index (χ0n) is 14.7. The second kappa shape index (κ2) is 6.70. The van der Waals surface area contributed by atoms with Crippen molar-refractivity contribution in [1.82, 2.24) is 9.97 Å². The Balaban J connectivity index is 1.49. The minimum absolute atomic E-state index is 0.0628.